The Hall–Kier alpha value is -2.36. The fourth-order valence-corrected chi connectivity index (χ4v) is 2.36. The van der Waals surface area contributed by atoms with E-state index in [0.29, 0.717) is 0 Å². The molecule has 0 aliphatic carbocycles. The molecule has 0 atom stereocenters. The van der Waals surface area contributed by atoms with Gasteiger partial charge in [0.25, 0.3) is 0 Å². The van der Waals surface area contributed by atoms with Crippen molar-refractivity contribution in [3.63, 3.8) is 0 Å². The van der Waals surface area contributed by atoms with Gasteiger partial charge >= 0.3 is 0 Å². The largest absolute Gasteiger partial charge is 0.319 e. The number of nitrogens with zero attached hydrogens (tertiary/aromatic N) is 4. The van der Waals surface area contributed by atoms with E-state index in [1.54, 1.807) is 6.33 Å². The third-order valence-electron chi connectivity index (χ3n) is 3.41. The van der Waals surface area contributed by atoms with E-state index in [0.717, 1.165) is 35.7 Å². The lowest BCUT2D eigenvalue weighted by Gasteiger charge is -2.07. The van der Waals surface area contributed by atoms with E-state index in [9.17, 15) is 0 Å². The number of para-hydroxylation sites is 1. The molecule has 3 aromatic rings. The van der Waals surface area contributed by atoms with Gasteiger partial charge in [-0.3, -0.25) is 0 Å². The Morgan fingerprint density at radius 3 is 2.65 bits per heavy atom. The lowest BCUT2D eigenvalue weighted by atomic mass is 10.3. The minimum atomic E-state index is 0.902. The topological polar surface area (TPSA) is 35.6 Å². The van der Waals surface area contributed by atoms with E-state index in [1.807, 2.05) is 22.9 Å². The quantitative estimate of drug-likeness (QED) is 0.726. The fraction of sp³-hybridized carbons (Fsp3) is 0.250. The van der Waals surface area contributed by atoms with Crippen LogP contribution in [0.25, 0.3) is 11.4 Å². The summed E-state index contributed by atoms with van der Waals surface area (Å²) in [5, 5.41) is 4.53. The molecule has 4 heteroatoms. The van der Waals surface area contributed by atoms with Crippen LogP contribution in [0.15, 0.2) is 48.9 Å². The van der Waals surface area contributed by atoms with Gasteiger partial charge in [-0.15, -0.1) is 0 Å². The molecular formula is C16H18N4. The van der Waals surface area contributed by atoms with Crippen LogP contribution < -0.4 is 0 Å². The molecule has 0 radical (unpaired) electrons. The van der Waals surface area contributed by atoms with Crippen LogP contribution in [0.5, 0.6) is 0 Å². The molecule has 20 heavy (non-hydrogen) atoms. The van der Waals surface area contributed by atoms with Crippen LogP contribution in [0, 0.1) is 6.92 Å². The molecule has 0 unspecified atom stereocenters. The van der Waals surface area contributed by atoms with Crippen LogP contribution in [0.4, 0.5) is 0 Å². The van der Waals surface area contributed by atoms with E-state index >= 15 is 0 Å². The fourth-order valence-electron chi connectivity index (χ4n) is 2.36. The van der Waals surface area contributed by atoms with Gasteiger partial charge in [0.2, 0.25) is 0 Å². The van der Waals surface area contributed by atoms with Gasteiger partial charge in [0.1, 0.15) is 6.33 Å². The van der Waals surface area contributed by atoms with Crippen molar-refractivity contribution in [3.05, 3.63) is 60.4 Å². The SMILES string of the molecule is CCCc1ncn(-c2ccn(-c3ccccc3)c2C)n1. The van der Waals surface area contributed by atoms with Gasteiger partial charge in [-0.1, -0.05) is 25.1 Å². The third-order valence-corrected chi connectivity index (χ3v) is 3.41. The Balaban J connectivity index is 1.97. The summed E-state index contributed by atoms with van der Waals surface area (Å²) in [5.74, 6) is 0.902. The van der Waals surface area contributed by atoms with Crippen LogP contribution in [0.1, 0.15) is 24.9 Å². The number of benzene rings is 1. The van der Waals surface area contributed by atoms with Crippen LogP contribution in [0.2, 0.25) is 0 Å². The van der Waals surface area contributed by atoms with E-state index in [1.165, 1.54) is 0 Å². The smallest absolute Gasteiger partial charge is 0.151 e. The highest BCUT2D eigenvalue weighted by Crippen LogP contribution is 2.19. The number of rotatable bonds is 4. The second-order valence-electron chi connectivity index (χ2n) is 4.85. The highest BCUT2D eigenvalue weighted by Gasteiger charge is 2.09. The normalized spacial score (nSPS) is 10.9. The van der Waals surface area contributed by atoms with Crippen LogP contribution in [-0.2, 0) is 6.42 Å². The predicted molar refractivity (Wildman–Crippen MR) is 79.4 cm³/mol. The lowest BCUT2D eigenvalue weighted by molar-refractivity contribution is 0.794. The van der Waals surface area contributed by atoms with Gasteiger partial charge < -0.3 is 4.57 Å². The Morgan fingerprint density at radius 2 is 1.90 bits per heavy atom. The Kier molecular flexibility index (Phi) is 3.37. The molecule has 2 aromatic heterocycles. The summed E-state index contributed by atoms with van der Waals surface area (Å²) < 4.78 is 4.02. The van der Waals surface area contributed by atoms with Gasteiger partial charge in [0.15, 0.2) is 5.82 Å². The maximum atomic E-state index is 4.53. The Morgan fingerprint density at radius 1 is 1.10 bits per heavy atom. The van der Waals surface area contributed by atoms with Crippen molar-refractivity contribution in [2.45, 2.75) is 26.7 Å². The molecule has 0 saturated heterocycles. The molecule has 0 fully saturated rings. The highest BCUT2D eigenvalue weighted by molar-refractivity contribution is 5.43. The number of hydrogen-bond donors (Lipinski definition) is 0. The molecule has 102 valence electrons. The zero-order valence-corrected chi connectivity index (χ0v) is 11.8. The first-order valence-corrected chi connectivity index (χ1v) is 6.94. The van der Waals surface area contributed by atoms with Crippen molar-refractivity contribution in [1.29, 1.82) is 0 Å². The molecule has 0 aliphatic heterocycles. The van der Waals surface area contributed by atoms with Crippen molar-refractivity contribution >= 4 is 0 Å². The average Bonchev–Trinajstić information content (AvgIpc) is 3.07. The summed E-state index contributed by atoms with van der Waals surface area (Å²) in [7, 11) is 0. The summed E-state index contributed by atoms with van der Waals surface area (Å²) in [6, 6.07) is 12.4. The molecule has 3 rings (SSSR count). The van der Waals surface area contributed by atoms with E-state index in [4.69, 9.17) is 0 Å². The molecule has 0 N–H and O–H groups in total. The number of aromatic nitrogens is 4. The molecule has 0 aliphatic rings. The van der Waals surface area contributed by atoms with Gasteiger partial charge in [0, 0.05) is 24.0 Å². The maximum absolute atomic E-state index is 4.53. The zero-order valence-electron chi connectivity index (χ0n) is 11.8. The summed E-state index contributed by atoms with van der Waals surface area (Å²) in [5.41, 5.74) is 3.39. The second kappa shape index (κ2) is 5.33. The Bertz CT molecular complexity index is 694. The molecule has 4 nitrogen and oxygen atoms in total. The van der Waals surface area contributed by atoms with Gasteiger partial charge in [-0.2, -0.15) is 5.10 Å². The van der Waals surface area contributed by atoms with Crippen molar-refractivity contribution in [1.82, 2.24) is 19.3 Å². The van der Waals surface area contributed by atoms with Gasteiger partial charge in [0.05, 0.1) is 5.69 Å². The molecule has 2 heterocycles. The van der Waals surface area contributed by atoms with Gasteiger partial charge in [-0.05, 0) is 31.5 Å². The van der Waals surface area contributed by atoms with Crippen molar-refractivity contribution in [3.8, 4) is 11.4 Å². The van der Waals surface area contributed by atoms with E-state index < -0.39 is 0 Å². The molecule has 0 amide bonds. The average molecular weight is 266 g/mol. The van der Waals surface area contributed by atoms with Crippen LogP contribution in [0.3, 0.4) is 0 Å². The number of hydrogen-bond acceptors (Lipinski definition) is 2. The molecular weight excluding hydrogens is 248 g/mol. The van der Waals surface area contributed by atoms with E-state index in [2.05, 4.69) is 52.9 Å². The first kappa shape index (κ1) is 12.7. The van der Waals surface area contributed by atoms with Crippen molar-refractivity contribution in [2.24, 2.45) is 0 Å². The molecule has 0 spiro atoms. The number of aryl methyl sites for hydroxylation is 1. The minimum absolute atomic E-state index is 0.902. The summed E-state index contributed by atoms with van der Waals surface area (Å²) in [6.07, 6.45) is 5.85. The van der Waals surface area contributed by atoms with Crippen LogP contribution >= 0.6 is 0 Å². The first-order valence-electron chi connectivity index (χ1n) is 6.94. The maximum Gasteiger partial charge on any atom is 0.151 e. The standard InChI is InChI=1S/C16H18N4/c1-3-7-16-17-12-20(18-16)15-10-11-19(13(15)2)14-8-5-4-6-9-14/h4-6,8-12H,3,7H2,1-2H3. The summed E-state index contributed by atoms with van der Waals surface area (Å²) in [6.45, 7) is 4.24. The molecule has 0 bridgehead atoms. The summed E-state index contributed by atoms with van der Waals surface area (Å²) >= 11 is 0. The van der Waals surface area contributed by atoms with Crippen molar-refractivity contribution < 1.29 is 0 Å². The molecule has 0 saturated carbocycles. The van der Waals surface area contributed by atoms with Crippen LogP contribution in [-0.4, -0.2) is 19.3 Å². The minimum Gasteiger partial charge on any atom is -0.319 e. The highest BCUT2D eigenvalue weighted by atomic mass is 15.3. The summed E-state index contributed by atoms with van der Waals surface area (Å²) in [4.78, 5) is 4.35. The lowest BCUT2D eigenvalue weighted by Crippen LogP contribution is -2.00. The predicted octanol–water partition coefficient (Wildman–Crippen LogP) is 3.32. The monoisotopic (exact) mass is 266 g/mol. The third kappa shape index (κ3) is 2.25. The van der Waals surface area contributed by atoms with E-state index in [-0.39, 0.29) is 0 Å². The van der Waals surface area contributed by atoms with Gasteiger partial charge in [-0.25, -0.2) is 9.67 Å². The van der Waals surface area contributed by atoms with Crippen molar-refractivity contribution in [2.75, 3.05) is 0 Å². The second-order valence-corrected chi connectivity index (χ2v) is 4.85. The zero-order chi connectivity index (χ0) is 13.9. The molecule has 1 aromatic carbocycles. The Labute approximate surface area is 118 Å². The first-order chi connectivity index (χ1) is 9.79.